The molecule has 3 rings (SSSR count). The average Bonchev–Trinajstić information content (AvgIpc) is 3.04. The third-order valence-corrected chi connectivity index (χ3v) is 4.82. The second-order valence-corrected chi connectivity index (χ2v) is 6.70. The van der Waals surface area contributed by atoms with Crippen LogP contribution in [0.4, 0.5) is 0 Å². The predicted molar refractivity (Wildman–Crippen MR) is 93.0 cm³/mol. The van der Waals surface area contributed by atoms with Gasteiger partial charge in [-0.15, -0.1) is 0 Å². The number of aliphatic carboxylic acids is 1. The van der Waals surface area contributed by atoms with Crippen LogP contribution in [0.2, 0.25) is 5.02 Å². The molecule has 5 nitrogen and oxygen atoms in total. The van der Waals surface area contributed by atoms with Gasteiger partial charge in [0.1, 0.15) is 6.04 Å². The van der Waals surface area contributed by atoms with Crippen molar-refractivity contribution in [3.63, 3.8) is 0 Å². The van der Waals surface area contributed by atoms with Gasteiger partial charge in [-0.05, 0) is 36.6 Å². The summed E-state index contributed by atoms with van der Waals surface area (Å²) in [5.41, 5.74) is 1.67. The van der Waals surface area contributed by atoms with E-state index in [9.17, 15) is 9.90 Å². The van der Waals surface area contributed by atoms with Crippen LogP contribution in [0.25, 0.3) is 0 Å². The Morgan fingerprint density at radius 3 is 2.83 bits per heavy atom. The number of carboxylic acid groups (broad SMARTS) is 1. The lowest BCUT2D eigenvalue weighted by molar-refractivity contribution is -0.139. The highest BCUT2D eigenvalue weighted by molar-refractivity contribution is 6.30. The molecule has 1 unspecified atom stereocenters. The molecule has 1 aromatic heterocycles. The molecule has 0 bridgehead atoms. The third kappa shape index (κ3) is 3.97. The van der Waals surface area contributed by atoms with Gasteiger partial charge in [0.25, 0.3) is 0 Å². The number of carbonyl (C=O) groups is 1. The maximum Gasteiger partial charge on any atom is 0.325 e. The van der Waals surface area contributed by atoms with Gasteiger partial charge in [-0.3, -0.25) is 14.8 Å². The van der Waals surface area contributed by atoms with Crippen LogP contribution >= 0.6 is 11.6 Å². The maximum absolute atomic E-state index is 11.6. The lowest BCUT2D eigenvalue weighted by atomic mass is 9.95. The molecule has 1 aromatic carbocycles. The van der Waals surface area contributed by atoms with Gasteiger partial charge >= 0.3 is 5.97 Å². The second-order valence-electron chi connectivity index (χ2n) is 6.27. The summed E-state index contributed by atoms with van der Waals surface area (Å²) in [6, 6.07) is 8.56. The van der Waals surface area contributed by atoms with Gasteiger partial charge in [-0.2, -0.15) is 5.10 Å². The Labute approximate surface area is 146 Å². The van der Waals surface area contributed by atoms with Crippen molar-refractivity contribution in [3.05, 3.63) is 52.8 Å². The molecule has 0 spiro atoms. The molecule has 1 heterocycles. The maximum atomic E-state index is 11.6. The van der Waals surface area contributed by atoms with Crippen molar-refractivity contribution in [2.75, 3.05) is 0 Å². The topological polar surface area (TPSA) is 67.2 Å². The van der Waals surface area contributed by atoms with Crippen LogP contribution in [-0.4, -0.2) is 20.9 Å². The Kier molecular flexibility index (Phi) is 5.53. The van der Waals surface area contributed by atoms with Crippen molar-refractivity contribution in [2.24, 2.45) is 0 Å². The largest absolute Gasteiger partial charge is 0.480 e. The Bertz CT molecular complexity index is 695. The molecule has 2 aromatic rings. The Morgan fingerprint density at radius 2 is 2.12 bits per heavy atom. The van der Waals surface area contributed by atoms with Crippen molar-refractivity contribution in [3.8, 4) is 0 Å². The normalized spacial score (nSPS) is 16.9. The zero-order valence-corrected chi connectivity index (χ0v) is 14.2. The van der Waals surface area contributed by atoms with Gasteiger partial charge in [0, 0.05) is 17.8 Å². The van der Waals surface area contributed by atoms with E-state index >= 15 is 0 Å². The minimum atomic E-state index is -0.916. The first kappa shape index (κ1) is 17.0. The average molecular weight is 348 g/mol. The minimum absolute atomic E-state index is 0.431. The Morgan fingerprint density at radius 1 is 1.33 bits per heavy atom. The molecular weight excluding hydrogens is 326 g/mol. The van der Waals surface area contributed by atoms with E-state index in [0.29, 0.717) is 23.2 Å². The van der Waals surface area contributed by atoms with Gasteiger partial charge in [-0.25, -0.2) is 0 Å². The molecule has 1 fully saturated rings. The van der Waals surface area contributed by atoms with Crippen LogP contribution < -0.4 is 5.32 Å². The summed E-state index contributed by atoms with van der Waals surface area (Å²) < 4.78 is 2.06. The van der Waals surface area contributed by atoms with Gasteiger partial charge in [0.15, 0.2) is 0 Å². The van der Waals surface area contributed by atoms with E-state index in [1.807, 2.05) is 6.07 Å². The number of halogens is 1. The number of rotatable bonds is 6. The fourth-order valence-corrected chi connectivity index (χ4v) is 3.58. The van der Waals surface area contributed by atoms with Gasteiger partial charge in [-0.1, -0.05) is 43.0 Å². The highest BCUT2D eigenvalue weighted by Gasteiger charge is 2.22. The summed E-state index contributed by atoms with van der Waals surface area (Å²) >= 11 is 5.99. The molecule has 24 heavy (non-hydrogen) atoms. The van der Waals surface area contributed by atoms with E-state index < -0.39 is 12.0 Å². The van der Waals surface area contributed by atoms with Crippen LogP contribution in [0.5, 0.6) is 0 Å². The number of nitrogens with zero attached hydrogens (tertiary/aromatic N) is 2. The zero-order valence-electron chi connectivity index (χ0n) is 13.5. The molecule has 1 saturated carbocycles. The summed E-state index contributed by atoms with van der Waals surface area (Å²) in [4.78, 5) is 11.6. The van der Waals surface area contributed by atoms with Crippen LogP contribution in [0, 0.1) is 0 Å². The smallest absolute Gasteiger partial charge is 0.325 e. The number of carboxylic acids is 1. The second kappa shape index (κ2) is 7.81. The highest BCUT2D eigenvalue weighted by atomic mass is 35.5. The summed E-state index contributed by atoms with van der Waals surface area (Å²) in [6.45, 7) is 0.458. The van der Waals surface area contributed by atoms with E-state index in [1.165, 1.54) is 19.3 Å². The van der Waals surface area contributed by atoms with Crippen LogP contribution in [-0.2, 0) is 11.3 Å². The first-order chi connectivity index (χ1) is 11.6. The predicted octanol–water partition coefficient (Wildman–Crippen LogP) is 3.96. The summed E-state index contributed by atoms with van der Waals surface area (Å²) in [6.07, 6.45) is 7.84. The third-order valence-electron chi connectivity index (χ3n) is 4.59. The standard InChI is InChI=1S/C18H22ClN3O2/c19-14-6-4-5-13(11-14)17(18(23)24)20-12-16-9-10-21-22(16)15-7-2-1-3-8-15/h4-6,9-11,15,17,20H,1-3,7-8,12H2,(H,23,24). The molecule has 6 heteroatoms. The Balaban J connectivity index is 1.71. The van der Waals surface area contributed by atoms with E-state index in [2.05, 4.69) is 15.1 Å². The summed E-state index contributed by atoms with van der Waals surface area (Å²) in [5.74, 6) is -0.916. The first-order valence-corrected chi connectivity index (χ1v) is 8.77. The SMILES string of the molecule is O=C(O)C(NCc1ccnn1C1CCCCC1)c1cccc(Cl)c1. The van der Waals surface area contributed by atoms with Crippen LogP contribution in [0.1, 0.15) is 55.4 Å². The molecule has 0 saturated heterocycles. The van der Waals surface area contributed by atoms with Gasteiger partial charge < -0.3 is 5.11 Å². The van der Waals surface area contributed by atoms with Crippen LogP contribution in [0.15, 0.2) is 36.5 Å². The molecule has 0 radical (unpaired) electrons. The van der Waals surface area contributed by atoms with Crippen molar-refractivity contribution in [1.29, 1.82) is 0 Å². The number of hydrogen-bond acceptors (Lipinski definition) is 3. The molecule has 0 aliphatic heterocycles. The zero-order chi connectivity index (χ0) is 16.9. The number of benzene rings is 1. The van der Waals surface area contributed by atoms with Crippen molar-refractivity contribution < 1.29 is 9.90 Å². The summed E-state index contributed by atoms with van der Waals surface area (Å²) in [7, 11) is 0. The van der Waals surface area contributed by atoms with Crippen molar-refractivity contribution in [2.45, 2.75) is 50.7 Å². The van der Waals surface area contributed by atoms with Gasteiger partial charge in [0.05, 0.1) is 11.7 Å². The summed E-state index contributed by atoms with van der Waals surface area (Å²) in [5, 5.41) is 17.7. The molecule has 1 atom stereocenters. The molecular formula is C18H22ClN3O2. The van der Waals surface area contributed by atoms with E-state index in [1.54, 1.807) is 30.5 Å². The highest BCUT2D eigenvalue weighted by Crippen LogP contribution is 2.28. The molecule has 1 aliphatic rings. The van der Waals surface area contributed by atoms with E-state index in [0.717, 1.165) is 18.5 Å². The van der Waals surface area contributed by atoms with Gasteiger partial charge in [0.2, 0.25) is 0 Å². The molecule has 2 N–H and O–H groups in total. The lowest BCUT2D eigenvalue weighted by Gasteiger charge is -2.24. The fraction of sp³-hybridized carbons (Fsp3) is 0.444. The quantitative estimate of drug-likeness (QED) is 0.830. The molecule has 0 amide bonds. The molecule has 128 valence electrons. The van der Waals surface area contributed by atoms with Crippen molar-refractivity contribution >= 4 is 17.6 Å². The Hall–Kier alpha value is -1.85. The fourth-order valence-electron chi connectivity index (χ4n) is 3.38. The monoisotopic (exact) mass is 347 g/mol. The lowest BCUT2D eigenvalue weighted by Crippen LogP contribution is -2.29. The number of aromatic nitrogens is 2. The minimum Gasteiger partial charge on any atom is -0.480 e. The first-order valence-electron chi connectivity index (χ1n) is 8.39. The van der Waals surface area contributed by atoms with E-state index in [4.69, 9.17) is 11.6 Å². The number of hydrogen-bond donors (Lipinski definition) is 2. The molecule has 1 aliphatic carbocycles. The van der Waals surface area contributed by atoms with E-state index in [-0.39, 0.29) is 0 Å². The number of nitrogens with one attached hydrogen (secondary N) is 1. The van der Waals surface area contributed by atoms with Crippen molar-refractivity contribution in [1.82, 2.24) is 15.1 Å². The van der Waals surface area contributed by atoms with Crippen LogP contribution in [0.3, 0.4) is 0 Å².